The van der Waals surface area contributed by atoms with Crippen molar-refractivity contribution < 1.29 is 29.3 Å². The van der Waals surface area contributed by atoms with Gasteiger partial charge in [0.05, 0.1) is 6.33 Å². The Morgan fingerprint density at radius 1 is 1.10 bits per heavy atom. The molecule has 2 aromatic rings. The third kappa shape index (κ3) is 6.57. The highest BCUT2D eigenvalue weighted by Gasteiger charge is 2.48. The predicted molar refractivity (Wildman–Crippen MR) is 150 cm³/mol. The topological polar surface area (TPSA) is 178 Å². The lowest BCUT2D eigenvalue weighted by molar-refractivity contribution is -0.137. The number of ether oxygens (including phenoxy) is 2. The van der Waals surface area contributed by atoms with Crippen molar-refractivity contribution in [2.45, 2.75) is 115 Å². The zero-order valence-electron chi connectivity index (χ0n) is 23.9. The molecule has 2 saturated carbocycles. The van der Waals surface area contributed by atoms with Gasteiger partial charge >= 0.3 is 6.09 Å². The van der Waals surface area contributed by atoms with Gasteiger partial charge in [0.1, 0.15) is 29.7 Å². The Labute approximate surface area is 239 Å². The summed E-state index contributed by atoms with van der Waals surface area (Å²) in [6.45, 7) is 5.44. The van der Waals surface area contributed by atoms with Crippen LogP contribution in [0.4, 0.5) is 10.6 Å². The van der Waals surface area contributed by atoms with Crippen molar-refractivity contribution in [2.24, 2.45) is 5.92 Å². The van der Waals surface area contributed by atoms with E-state index >= 15 is 0 Å². The minimum atomic E-state index is -1.38. The zero-order valence-corrected chi connectivity index (χ0v) is 23.9. The molecular formula is C28H43N7O6. The monoisotopic (exact) mass is 573 g/mol. The first-order valence-corrected chi connectivity index (χ1v) is 15.1. The molecule has 2 aliphatic carbocycles. The van der Waals surface area contributed by atoms with Crippen LogP contribution in [0.3, 0.4) is 0 Å². The summed E-state index contributed by atoms with van der Waals surface area (Å²) < 4.78 is 12.8. The van der Waals surface area contributed by atoms with Crippen molar-refractivity contribution in [3.63, 3.8) is 0 Å². The molecule has 4 fully saturated rings. The van der Waals surface area contributed by atoms with Gasteiger partial charge in [-0.05, 0) is 63.7 Å². The summed E-state index contributed by atoms with van der Waals surface area (Å²) in [6.07, 6.45) is 5.69. The van der Waals surface area contributed by atoms with Crippen LogP contribution in [0.15, 0.2) is 6.33 Å². The van der Waals surface area contributed by atoms with E-state index in [2.05, 4.69) is 20.3 Å². The molecule has 13 heteroatoms. The van der Waals surface area contributed by atoms with Crippen molar-refractivity contribution in [1.82, 2.24) is 29.7 Å². The molecule has 4 atom stereocenters. The van der Waals surface area contributed by atoms with Crippen molar-refractivity contribution in [2.75, 3.05) is 18.8 Å². The minimum Gasteiger partial charge on any atom is -0.446 e. The smallest absolute Gasteiger partial charge is 0.410 e. The standard InChI is InChI=1S/C26H37N7O6.C2H6/c27-22-18-23(33(13-28-18)25-20(35)19(34)21(39-25)24(36)29-15-7-8-15)31-17(30-22)6-1-3-14-9-11-32(12-10-14)26(37)38-16-4-2-5-16;1-2/h13-16,19-21,25,34-35H,1-12H2,(H,29,36)(H2,27,30,31);1-2H3/t19?,20-,21-,25+;/m0./s1. The molecule has 226 valence electrons. The second-order valence-corrected chi connectivity index (χ2v) is 11.3. The highest BCUT2D eigenvalue weighted by molar-refractivity contribution is 5.83. The van der Waals surface area contributed by atoms with Crippen LogP contribution in [0.1, 0.15) is 83.7 Å². The molecule has 5 N–H and O–H groups in total. The molecule has 2 amide bonds. The fraction of sp³-hybridized carbons (Fsp3) is 0.750. The van der Waals surface area contributed by atoms with Gasteiger partial charge in [-0.15, -0.1) is 0 Å². The van der Waals surface area contributed by atoms with Crippen LogP contribution in [-0.2, 0) is 20.7 Å². The number of hydrogen-bond acceptors (Lipinski definition) is 10. The lowest BCUT2D eigenvalue weighted by Gasteiger charge is -2.34. The number of piperidine rings is 1. The molecule has 4 heterocycles. The highest BCUT2D eigenvalue weighted by atomic mass is 16.6. The van der Waals surface area contributed by atoms with Crippen LogP contribution >= 0.6 is 0 Å². The number of aliphatic hydroxyl groups is 2. The Kier molecular flexibility index (Phi) is 9.25. The molecule has 2 aliphatic heterocycles. The molecule has 4 aliphatic rings. The summed E-state index contributed by atoms with van der Waals surface area (Å²) in [4.78, 5) is 40.0. The molecule has 0 bridgehead atoms. The SMILES string of the molecule is CC.Nc1nc(CCCC2CCN(C(=O)OC3CCC3)CC2)nc2c1ncn2[C@@H]1O[C@H](C(=O)NC2CC2)C(O)[C@@H]1O. The van der Waals surface area contributed by atoms with Gasteiger partial charge in [-0.3, -0.25) is 9.36 Å². The van der Waals surface area contributed by atoms with Crippen LogP contribution in [0.5, 0.6) is 0 Å². The Morgan fingerprint density at radius 3 is 2.49 bits per heavy atom. The first kappa shape index (κ1) is 29.5. The number of fused-ring (bicyclic) bond motifs is 1. The third-order valence-electron chi connectivity index (χ3n) is 8.39. The molecule has 13 nitrogen and oxygen atoms in total. The molecule has 0 spiro atoms. The van der Waals surface area contributed by atoms with E-state index in [1.807, 2.05) is 18.7 Å². The van der Waals surface area contributed by atoms with E-state index in [0.29, 0.717) is 29.3 Å². The maximum atomic E-state index is 12.5. The number of anilines is 1. The number of carbonyl (C=O) groups is 2. The normalized spacial score (nSPS) is 26.8. The summed E-state index contributed by atoms with van der Waals surface area (Å²) in [6, 6.07) is 0.106. The summed E-state index contributed by atoms with van der Waals surface area (Å²) in [5.74, 6) is 0.862. The van der Waals surface area contributed by atoms with E-state index in [0.717, 1.165) is 70.9 Å². The van der Waals surface area contributed by atoms with Gasteiger partial charge in [-0.25, -0.2) is 19.7 Å². The number of nitrogens with one attached hydrogen (secondary N) is 1. The van der Waals surface area contributed by atoms with E-state index in [1.54, 1.807) is 0 Å². The van der Waals surface area contributed by atoms with Gasteiger partial charge < -0.3 is 35.6 Å². The van der Waals surface area contributed by atoms with Crippen LogP contribution < -0.4 is 11.1 Å². The molecule has 6 rings (SSSR count). The van der Waals surface area contributed by atoms with Gasteiger partial charge in [0.15, 0.2) is 23.8 Å². The molecule has 0 radical (unpaired) electrons. The van der Waals surface area contributed by atoms with Crippen molar-refractivity contribution in [3.05, 3.63) is 12.2 Å². The second-order valence-electron chi connectivity index (χ2n) is 11.3. The van der Waals surface area contributed by atoms with E-state index in [4.69, 9.17) is 15.2 Å². The van der Waals surface area contributed by atoms with Crippen molar-refractivity contribution >= 4 is 29.0 Å². The first-order chi connectivity index (χ1) is 19.9. The number of aliphatic hydroxyl groups excluding tert-OH is 2. The minimum absolute atomic E-state index is 0.106. The molecule has 2 aromatic heterocycles. The lowest BCUT2D eigenvalue weighted by Crippen LogP contribution is -2.43. The van der Waals surface area contributed by atoms with Gasteiger partial charge in [0.25, 0.3) is 5.91 Å². The fourth-order valence-corrected chi connectivity index (χ4v) is 5.56. The van der Waals surface area contributed by atoms with Gasteiger partial charge in [-0.1, -0.05) is 13.8 Å². The van der Waals surface area contributed by atoms with Crippen LogP contribution in [0.25, 0.3) is 11.2 Å². The van der Waals surface area contributed by atoms with Crippen LogP contribution in [0, 0.1) is 5.92 Å². The Hall–Kier alpha value is -3.03. The van der Waals surface area contributed by atoms with Crippen molar-refractivity contribution in [3.8, 4) is 0 Å². The van der Waals surface area contributed by atoms with E-state index in [1.165, 1.54) is 10.9 Å². The number of likely N-dealkylation sites (tertiary alicyclic amines) is 1. The summed E-state index contributed by atoms with van der Waals surface area (Å²) in [5.41, 5.74) is 6.94. The van der Waals surface area contributed by atoms with E-state index < -0.39 is 30.4 Å². The number of carbonyl (C=O) groups excluding carboxylic acids is 2. The average molecular weight is 574 g/mol. The van der Waals surface area contributed by atoms with Crippen LogP contribution in [-0.4, -0.2) is 90.2 Å². The number of aromatic nitrogens is 4. The summed E-state index contributed by atoms with van der Waals surface area (Å²) in [5, 5.41) is 24.0. The average Bonchev–Trinajstić information content (AvgIpc) is 3.59. The predicted octanol–water partition coefficient (Wildman–Crippen LogP) is 2.06. The molecule has 2 saturated heterocycles. The molecule has 0 aromatic carbocycles. The van der Waals surface area contributed by atoms with Gasteiger partial charge in [0, 0.05) is 25.6 Å². The van der Waals surface area contributed by atoms with E-state index in [9.17, 15) is 19.8 Å². The number of nitrogens with two attached hydrogens (primary N) is 1. The number of nitrogen functional groups attached to an aromatic ring is 1. The second kappa shape index (κ2) is 12.9. The molecule has 1 unspecified atom stereocenters. The summed E-state index contributed by atoms with van der Waals surface area (Å²) >= 11 is 0. The number of amides is 2. The van der Waals surface area contributed by atoms with Crippen molar-refractivity contribution in [1.29, 1.82) is 0 Å². The lowest BCUT2D eigenvalue weighted by atomic mass is 9.91. The fourth-order valence-electron chi connectivity index (χ4n) is 5.56. The quantitative estimate of drug-likeness (QED) is 0.365. The number of rotatable bonds is 8. The Bertz CT molecular complexity index is 1210. The Morgan fingerprint density at radius 2 is 1.83 bits per heavy atom. The third-order valence-corrected chi connectivity index (χ3v) is 8.39. The zero-order chi connectivity index (χ0) is 29.1. The largest absolute Gasteiger partial charge is 0.446 e. The number of hydrogen-bond donors (Lipinski definition) is 4. The maximum absolute atomic E-state index is 12.5. The van der Waals surface area contributed by atoms with Crippen LogP contribution in [0.2, 0.25) is 0 Å². The highest BCUT2D eigenvalue weighted by Crippen LogP contribution is 2.33. The number of nitrogens with zero attached hydrogens (tertiary/aromatic N) is 5. The summed E-state index contributed by atoms with van der Waals surface area (Å²) in [7, 11) is 0. The van der Waals surface area contributed by atoms with Gasteiger partial charge in [-0.2, -0.15) is 0 Å². The first-order valence-electron chi connectivity index (χ1n) is 15.1. The molecule has 41 heavy (non-hydrogen) atoms. The number of aryl methyl sites for hydroxylation is 1. The molecular weight excluding hydrogens is 530 g/mol. The number of imidazole rings is 1. The van der Waals surface area contributed by atoms with Gasteiger partial charge in [0.2, 0.25) is 0 Å². The van der Waals surface area contributed by atoms with E-state index in [-0.39, 0.29) is 24.1 Å². The maximum Gasteiger partial charge on any atom is 0.410 e. The Balaban J connectivity index is 0.00000165.